The van der Waals surface area contributed by atoms with Crippen molar-refractivity contribution in [2.45, 2.75) is 6.42 Å². The first kappa shape index (κ1) is 14.0. The zero-order valence-corrected chi connectivity index (χ0v) is 10.8. The molecular formula is C13H15N3O4. The van der Waals surface area contributed by atoms with E-state index in [9.17, 15) is 14.4 Å². The Morgan fingerprint density at radius 1 is 1.40 bits per heavy atom. The van der Waals surface area contributed by atoms with Gasteiger partial charge < -0.3 is 15.3 Å². The van der Waals surface area contributed by atoms with Gasteiger partial charge in [0, 0.05) is 19.3 Å². The second-order valence-electron chi connectivity index (χ2n) is 4.56. The highest BCUT2D eigenvalue weighted by Gasteiger charge is 2.30. The van der Waals surface area contributed by atoms with Crippen molar-refractivity contribution < 1.29 is 19.5 Å². The van der Waals surface area contributed by atoms with Crippen molar-refractivity contribution in [3.05, 3.63) is 30.1 Å². The van der Waals surface area contributed by atoms with Crippen molar-refractivity contribution in [2.75, 3.05) is 19.6 Å². The number of hydrogen-bond acceptors (Lipinski definition) is 4. The van der Waals surface area contributed by atoms with Crippen molar-refractivity contribution in [3.8, 4) is 0 Å². The number of aromatic nitrogens is 1. The van der Waals surface area contributed by atoms with E-state index in [-0.39, 0.29) is 24.7 Å². The van der Waals surface area contributed by atoms with Gasteiger partial charge in [0.2, 0.25) is 5.91 Å². The normalized spacial score (nSPS) is 17.8. The van der Waals surface area contributed by atoms with Crippen molar-refractivity contribution >= 4 is 17.8 Å². The van der Waals surface area contributed by atoms with E-state index < -0.39 is 17.8 Å². The van der Waals surface area contributed by atoms with Crippen LogP contribution < -0.4 is 5.32 Å². The molecule has 0 saturated carbocycles. The molecule has 2 amide bonds. The molecule has 20 heavy (non-hydrogen) atoms. The molecule has 2 heterocycles. The average molecular weight is 277 g/mol. The van der Waals surface area contributed by atoms with E-state index in [2.05, 4.69) is 10.3 Å². The highest BCUT2D eigenvalue weighted by molar-refractivity contribution is 5.94. The highest BCUT2D eigenvalue weighted by Crippen LogP contribution is 2.15. The number of rotatable bonds is 4. The quantitative estimate of drug-likeness (QED) is 0.790. The Balaban J connectivity index is 1.81. The third-order valence-corrected chi connectivity index (χ3v) is 3.19. The Kier molecular flexibility index (Phi) is 4.29. The fourth-order valence-corrected chi connectivity index (χ4v) is 2.04. The van der Waals surface area contributed by atoms with Gasteiger partial charge in [0.25, 0.3) is 5.91 Å². The Morgan fingerprint density at radius 2 is 2.20 bits per heavy atom. The monoisotopic (exact) mass is 277 g/mol. The molecule has 2 rings (SSSR count). The van der Waals surface area contributed by atoms with Crippen LogP contribution in [0.5, 0.6) is 0 Å². The van der Waals surface area contributed by atoms with E-state index in [1.54, 1.807) is 18.2 Å². The van der Waals surface area contributed by atoms with E-state index in [0.29, 0.717) is 13.0 Å². The summed E-state index contributed by atoms with van der Waals surface area (Å²) in [7, 11) is 0. The van der Waals surface area contributed by atoms with E-state index in [1.165, 1.54) is 11.1 Å². The lowest BCUT2D eigenvalue weighted by Gasteiger charge is -2.15. The molecule has 106 valence electrons. The lowest BCUT2D eigenvalue weighted by atomic mass is 10.1. The van der Waals surface area contributed by atoms with Crippen molar-refractivity contribution in [1.82, 2.24) is 15.2 Å². The molecule has 1 aliphatic rings. The van der Waals surface area contributed by atoms with Crippen LogP contribution in [0, 0.1) is 5.92 Å². The molecule has 0 aromatic carbocycles. The van der Waals surface area contributed by atoms with Crippen LogP contribution in [0.1, 0.15) is 16.9 Å². The van der Waals surface area contributed by atoms with Gasteiger partial charge in [0.05, 0.1) is 12.5 Å². The number of carboxylic acids is 1. The number of hydrogen-bond donors (Lipinski definition) is 2. The van der Waals surface area contributed by atoms with Gasteiger partial charge in [-0.2, -0.15) is 0 Å². The van der Waals surface area contributed by atoms with Crippen LogP contribution >= 0.6 is 0 Å². The number of pyridine rings is 1. The lowest BCUT2D eigenvalue weighted by Crippen LogP contribution is -2.39. The summed E-state index contributed by atoms with van der Waals surface area (Å²) in [6, 6.07) is 4.93. The molecule has 1 aromatic rings. The fraction of sp³-hybridized carbons (Fsp3) is 0.385. The smallest absolute Gasteiger partial charge is 0.308 e. The first-order valence-corrected chi connectivity index (χ1v) is 6.27. The molecule has 1 atom stereocenters. The Hall–Kier alpha value is -2.44. The fourth-order valence-electron chi connectivity index (χ4n) is 2.04. The van der Waals surface area contributed by atoms with Crippen LogP contribution in [0.2, 0.25) is 0 Å². The summed E-state index contributed by atoms with van der Waals surface area (Å²) < 4.78 is 0. The third kappa shape index (κ3) is 3.31. The summed E-state index contributed by atoms with van der Waals surface area (Å²) in [6.45, 7) is 0.463. The van der Waals surface area contributed by atoms with Crippen LogP contribution in [0.4, 0.5) is 0 Å². The number of carbonyl (C=O) groups excluding carboxylic acids is 2. The predicted molar refractivity (Wildman–Crippen MR) is 68.9 cm³/mol. The van der Waals surface area contributed by atoms with E-state index in [4.69, 9.17) is 5.11 Å². The van der Waals surface area contributed by atoms with Gasteiger partial charge in [-0.05, 0) is 18.6 Å². The van der Waals surface area contributed by atoms with Gasteiger partial charge in [-0.15, -0.1) is 0 Å². The number of likely N-dealkylation sites (tertiary alicyclic amines) is 1. The second-order valence-corrected chi connectivity index (χ2v) is 4.56. The first-order valence-electron chi connectivity index (χ1n) is 6.27. The first-order chi connectivity index (χ1) is 9.58. The zero-order valence-electron chi connectivity index (χ0n) is 10.8. The molecular weight excluding hydrogens is 262 g/mol. The van der Waals surface area contributed by atoms with Crippen LogP contribution in [-0.2, 0) is 9.59 Å². The summed E-state index contributed by atoms with van der Waals surface area (Å²) in [6.07, 6.45) is 1.95. The van der Waals surface area contributed by atoms with Gasteiger partial charge in [-0.3, -0.25) is 19.4 Å². The van der Waals surface area contributed by atoms with Crippen LogP contribution in [0.15, 0.2) is 24.4 Å². The molecule has 1 unspecified atom stereocenters. The molecule has 0 aliphatic carbocycles. The summed E-state index contributed by atoms with van der Waals surface area (Å²) >= 11 is 0. The highest BCUT2D eigenvalue weighted by atomic mass is 16.4. The lowest BCUT2D eigenvalue weighted by molar-refractivity contribution is -0.141. The van der Waals surface area contributed by atoms with Crippen LogP contribution in [0.3, 0.4) is 0 Å². The topological polar surface area (TPSA) is 99.6 Å². The number of carbonyl (C=O) groups is 3. The van der Waals surface area contributed by atoms with E-state index in [0.717, 1.165) is 0 Å². The summed E-state index contributed by atoms with van der Waals surface area (Å²) in [5.74, 6) is -2.10. The van der Waals surface area contributed by atoms with E-state index >= 15 is 0 Å². The van der Waals surface area contributed by atoms with Gasteiger partial charge in [0.15, 0.2) is 0 Å². The maximum absolute atomic E-state index is 11.8. The molecule has 0 bridgehead atoms. The number of nitrogens with zero attached hydrogens (tertiary/aromatic N) is 2. The average Bonchev–Trinajstić information content (AvgIpc) is 2.95. The predicted octanol–water partition coefficient (Wildman–Crippen LogP) is -0.255. The number of carboxylic acid groups (broad SMARTS) is 1. The zero-order chi connectivity index (χ0) is 14.5. The number of aliphatic carboxylic acids is 1. The molecule has 7 nitrogen and oxygen atoms in total. The largest absolute Gasteiger partial charge is 0.481 e. The molecule has 0 spiro atoms. The molecule has 1 fully saturated rings. The van der Waals surface area contributed by atoms with Crippen molar-refractivity contribution in [3.63, 3.8) is 0 Å². The number of nitrogens with one attached hydrogen (secondary N) is 1. The maximum atomic E-state index is 11.8. The SMILES string of the molecule is O=C(NCC(=O)N1CCC(C(=O)O)C1)c1ccccn1. The van der Waals surface area contributed by atoms with Crippen molar-refractivity contribution in [2.24, 2.45) is 5.92 Å². The minimum atomic E-state index is -0.891. The van der Waals surface area contributed by atoms with Crippen LogP contribution in [-0.4, -0.2) is 52.4 Å². The molecule has 2 N–H and O–H groups in total. The molecule has 7 heteroatoms. The Morgan fingerprint density at radius 3 is 2.80 bits per heavy atom. The van der Waals surface area contributed by atoms with Gasteiger partial charge in [-0.25, -0.2) is 0 Å². The maximum Gasteiger partial charge on any atom is 0.308 e. The van der Waals surface area contributed by atoms with Gasteiger partial charge >= 0.3 is 5.97 Å². The summed E-state index contributed by atoms with van der Waals surface area (Å²) in [5, 5.41) is 11.3. The Bertz CT molecular complexity index is 518. The summed E-state index contributed by atoms with van der Waals surface area (Å²) in [5.41, 5.74) is 0.241. The second kappa shape index (κ2) is 6.14. The van der Waals surface area contributed by atoms with Crippen molar-refractivity contribution in [1.29, 1.82) is 0 Å². The standard InChI is InChI=1S/C13H15N3O4/c17-11(16-6-4-9(8-16)13(19)20)7-15-12(18)10-3-1-2-5-14-10/h1-3,5,9H,4,6-8H2,(H,15,18)(H,19,20). The minimum absolute atomic E-state index is 0.151. The molecule has 1 aliphatic heterocycles. The molecule has 0 radical (unpaired) electrons. The molecule has 1 saturated heterocycles. The summed E-state index contributed by atoms with van der Waals surface area (Å²) in [4.78, 5) is 39.7. The van der Waals surface area contributed by atoms with Crippen LogP contribution in [0.25, 0.3) is 0 Å². The minimum Gasteiger partial charge on any atom is -0.481 e. The number of amides is 2. The van der Waals surface area contributed by atoms with Gasteiger partial charge in [0.1, 0.15) is 5.69 Å². The molecule has 1 aromatic heterocycles. The third-order valence-electron chi connectivity index (χ3n) is 3.19. The van der Waals surface area contributed by atoms with E-state index in [1.807, 2.05) is 0 Å². The van der Waals surface area contributed by atoms with Gasteiger partial charge in [-0.1, -0.05) is 6.07 Å². The Labute approximate surface area is 115 Å².